The molecule has 2 nitrogen and oxygen atoms in total. The van der Waals surface area contributed by atoms with Gasteiger partial charge < -0.3 is 10.3 Å². The lowest BCUT2D eigenvalue weighted by Crippen LogP contribution is -2.03. The fraction of sp³-hybridized carbons (Fsp3) is 0.154. The van der Waals surface area contributed by atoms with E-state index in [9.17, 15) is 0 Å². The van der Waals surface area contributed by atoms with Crippen LogP contribution in [0.1, 0.15) is 18.2 Å². The first-order valence-corrected chi connectivity index (χ1v) is 9.86. The molecule has 1 aliphatic rings. The summed E-state index contributed by atoms with van der Waals surface area (Å²) in [5.74, 6) is 0.586. The molecule has 0 bridgehead atoms. The smallest absolute Gasteiger partial charge is 0.0485 e. The minimum atomic E-state index is 0.586. The number of rotatable bonds is 2. The van der Waals surface area contributed by atoms with E-state index >= 15 is 0 Å². The van der Waals surface area contributed by atoms with Gasteiger partial charge in [0.05, 0.1) is 0 Å². The highest BCUT2D eigenvalue weighted by molar-refractivity contribution is 5.93. The average Bonchev–Trinajstić information content (AvgIpc) is 3.00. The number of hydrogen-bond acceptors (Lipinski definition) is 1. The minimum absolute atomic E-state index is 0.586. The molecule has 1 atom stereocenters. The Labute approximate surface area is 165 Å². The summed E-state index contributed by atoms with van der Waals surface area (Å²) in [6.07, 6.45) is 5.69. The zero-order valence-electron chi connectivity index (χ0n) is 16.3. The van der Waals surface area contributed by atoms with Crippen LogP contribution < -0.4 is 5.73 Å². The second-order valence-electron chi connectivity index (χ2n) is 7.86. The fourth-order valence-corrected chi connectivity index (χ4v) is 4.40. The topological polar surface area (TPSA) is 30.9 Å². The number of nitrogen functional groups attached to an aromatic ring is 1. The number of hydrogen-bond donors (Lipinski definition) is 1. The fourth-order valence-electron chi connectivity index (χ4n) is 4.40. The summed E-state index contributed by atoms with van der Waals surface area (Å²) in [6.45, 7) is 2.29. The van der Waals surface area contributed by atoms with Gasteiger partial charge in [0.1, 0.15) is 0 Å². The molecule has 28 heavy (non-hydrogen) atoms. The Kier molecular flexibility index (Phi) is 3.87. The van der Waals surface area contributed by atoms with E-state index in [-0.39, 0.29) is 0 Å². The van der Waals surface area contributed by atoms with E-state index in [4.69, 9.17) is 5.73 Å². The molecule has 1 aromatic heterocycles. The zero-order chi connectivity index (χ0) is 19.3. The maximum Gasteiger partial charge on any atom is 0.0485 e. The van der Waals surface area contributed by atoms with Crippen molar-refractivity contribution >= 4 is 22.7 Å². The molecule has 138 valence electrons. The molecule has 0 aliphatic heterocycles. The maximum atomic E-state index is 6.29. The van der Waals surface area contributed by atoms with Crippen LogP contribution in [0.2, 0.25) is 0 Å². The van der Waals surface area contributed by atoms with Gasteiger partial charge in [0, 0.05) is 34.9 Å². The van der Waals surface area contributed by atoms with Crippen LogP contribution >= 0.6 is 0 Å². The monoisotopic (exact) mass is 364 g/mol. The molecule has 2 heteroatoms. The summed E-state index contributed by atoms with van der Waals surface area (Å²) in [4.78, 5) is 0. The first-order chi connectivity index (χ1) is 13.6. The summed E-state index contributed by atoms with van der Waals surface area (Å²) in [7, 11) is 2.16. The van der Waals surface area contributed by atoms with E-state index in [2.05, 4.69) is 85.3 Å². The quantitative estimate of drug-likeness (QED) is 0.416. The molecule has 0 saturated heterocycles. The van der Waals surface area contributed by atoms with Gasteiger partial charge in [-0.05, 0) is 64.9 Å². The van der Waals surface area contributed by atoms with Crippen LogP contribution in [0.15, 0.2) is 72.8 Å². The molecular weight excluding hydrogens is 340 g/mol. The summed E-state index contributed by atoms with van der Waals surface area (Å²) in [6, 6.07) is 23.5. The number of fused-ring (bicyclic) bond motifs is 3. The lowest BCUT2D eigenvalue weighted by molar-refractivity contribution is 0.714. The van der Waals surface area contributed by atoms with Crippen LogP contribution in [0.4, 0.5) is 5.69 Å². The number of allylic oxidation sites excluding steroid dienone is 1. The molecule has 1 aliphatic carbocycles. The molecule has 0 radical (unpaired) electrons. The van der Waals surface area contributed by atoms with Gasteiger partial charge in [0.15, 0.2) is 0 Å². The first kappa shape index (κ1) is 16.9. The third kappa shape index (κ3) is 2.65. The molecule has 0 saturated carbocycles. The molecule has 0 spiro atoms. The van der Waals surface area contributed by atoms with E-state index in [0.29, 0.717) is 5.92 Å². The van der Waals surface area contributed by atoms with Crippen molar-refractivity contribution in [1.82, 2.24) is 4.57 Å². The van der Waals surface area contributed by atoms with Crippen molar-refractivity contribution in [3.8, 4) is 22.3 Å². The van der Waals surface area contributed by atoms with Gasteiger partial charge in [-0.15, -0.1) is 0 Å². The number of nitrogens with zero attached hydrogens (tertiary/aromatic N) is 1. The van der Waals surface area contributed by atoms with Gasteiger partial charge in [-0.3, -0.25) is 0 Å². The molecular formula is C26H24N2. The summed E-state index contributed by atoms with van der Waals surface area (Å²) in [5, 5.41) is 1.37. The van der Waals surface area contributed by atoms with Crippen molar-refractivity contribution in [3.05, 3.63) is 84.1 Å². The highest BCUT2D eigenvalue weighted by Gasteiger charge is 2.19. The third-order valence-corrected chi connectivity index (χ3v) is 5.93. The van der Waals surface area contributed by atoms with E-state index in [1.165, 1.54) is 33.3 Å². The Bertz CT molecular complexity index is 1210. The van der Waals surface area contributed by atoms with Gasteiger partial charge in [0.25, 0.3) is 0 Å². The predicted octanol–water partition coefficient (Wildman–Crippen LogP) is 6.30. The number of anilines is 1. The van der Waals surface area contributed by atoms with Gasteiger partial charge in [-0.2, -0.15) is 0 Å². The Morgan fingerprint density at radius 3 is 2.46 bits per heavy atom. The lowest BCUT2D eigenvalue weighted by atomic mass is 9.92. The normalized spacial score (nSPS) is 15.7. The molecule has 5 rings (SSSR count). The molecule has 1 unspecified atom stereocenters. The van der Waals surface area contributed by atoms with E-state index < -0.39 is 0 Å². The van der Waals surface area contributed by atoms with Crippen LogP contribution in [0, 0.1) is 5.92 Å². The summed E-state index contributed by atoms with van der Waals surface area (Å²) >= 11 is 0. The highest BCUT2D eigenvalue weighted by Crippen LogP contribution is 2.36. The minimum Gasteiger partial charge on any atom is -0.398 e. The van der Waals surface area contributed by atoms with Crippen LogP contribution in [-0.2, 0) is 13.5 Å². The lowest BCUT2D eigenvalue weighted by Gasteiger charge is -2.13. The molecule has 0 amide bonds. The highest BCUT2D eigenvalue weighted by atomic mass is 14.9. The van der Waals surface area contributed by atoms with Crippen molar-refractivity contribution in [2.45, 2.75) is 13.3 Å². The van der Waals surface area contributed by atoms with Crippen LogP contribution in [0.3, 0.4) is 0 Å². The average molecular weight is 364 g/mol. The second-order valence-corrected chi connectivity index (χ2v) is 7.86. The Morgan fingerprint density at radius 2 is 1.64 bits per heavy atom. The van der Waals surface area contributed by atoms with Crippen molar-refractivity contribution in [3.63, 3.8) is 0 Å². The van der Waals surface area contributed by atoms with Crippen molar-refractivity contribution < 1.29 is 0 Å². The molecule has 2 N–H and O–H groups in total. The van der Waals surface area contributed by atoms with Crippen molar-refractivity contribution in [1.29, 1.82) is 0 Å². The first-order valence-electron chi connectivity index (χ1n) is 9.86. The molecule has 0 fully saturated rings. The Morgan fingerprint density at radius 1 is 0.893 bits per heavy atom. The number of benzene rings is 3. The van der Waals surface area contributed by atoms with Gasteiger partial charge in [-0.25, -0.2) is 0 Å². The van der Waals surface area contributed by atoms with E-state index in [0.717, 1.165) is 23.2 Å². The number of nitrogens with two attached hydrogens (primary N) is 1. The second kappa shape index (κ2) is 6.42. The Hall–Kier alpha value is -3.26. The SMILES string of the molecule is CC1C=Cc2c(c3cc(-c4ccc(N)c(-c5ccccc5)c4)ccc3n2C)C1. The molecule has 4 aromatic rings. The van der Waals surface area contributed by atoms with Gasteiger partial charge in [-0.1, -0.05) is 55.5 Å². The van der Waals surface area contributed by atoms with E-state index in [1.807, 2.05) is 12.1 Å². The third-order valence-electron chi connectivity index (χ3n) is 5.93. The maximum absolute atomic E-state index is 6.29. The number of aryl methyl sites for hydroxylation is 1. The summed E-state index contributed by atoms with van der Waals surface area (Å²) in [5.41, 5.74) is 15.9. The predicted molar refractivity (Wildman–Crippen MR) is 120 cm³/mol. The van der Waals surface area contributed by atoms with E-state index in [1.54, 1.807) is 0 Å². The number of aromatic nitrogens is 1. The summed E-state index contributed by atoms with van der Waals surface area (Å²) < 4.78 is 2.31. The van der Waals surface area contributed by atoms with Crippen molar-refractivity contribution in [2.75, 3.05) is 5.73 Å². The Balaban J connectivity index is 1.67. The van der Waals surface area contributed by atoms with Gasteiger partial charge >= 0.3 is 0 Å². The zero-order valence-corrected chi connectivity index (χ0v) is 16.3. The van der Waals surface area contributed by atoms with Gasteiger partial charge in [0.2, 0.25) is 0 Å². The van der Waals surface area contributed by atoms with Crippen LogP contribution in [0.25, 0.3) is 39.2 Å². The van der Waals surface area contributed by atoms with Crippen molar-refractivity contribution in [2.24, 2.45) is 13.0 Å². The standard InChI is InChI=1S/C26H24N2/c1-17-8-12-25-22(14-17)23-16-20(10-13-26(23)28(25)2)19-9-11-24(27)21(15-19)18-6-4-3-5-7-18/h3-13,15-17H,14,27H2,1-2H3. The molecule has 1 heterocycles. The van der Waals surface area contributed by atoms with Crippen LogP contribution in [-0.4, -0.2) is 4.57 Å². The van der Waals surface area contributed by atoms with Crippen LogP contribution in [0.5, 0.6) is 0 Å². The largest absolute Gasteiger partial charge is 0.398 e. The molecule has 3 aromatic carbocycles.